The first-order valence-corrected chi connectivity index (χ1v) is 5.92. The van der Waals surface area contributed by atoms with Crippen LogP contribution in [0.15, 0.2) is 60.7 Å². The van der Waals surface area contributed by atoms with Crippen LogP contribution in [0.3, 0.4) is 0 Å². The van der Waals surface area contributed by atoms with Crippen LogP contribution in [0.4, 0.5) is 0 Å². The fourth-order valence-electron chi connectivity index (χ4n) is 1.59. The van der Waals surface area contributed by atoms with E-state index in [0.29, 0.717) is 13.1 Å². The van der Waals surface area contributed by atoms with Crippen molar-refractivity contribution in [3.63, 3.8) is 0 Å². The van der Waals surface area contributed by atoms with Gasteiger partial charge in [0, 0.05) is 6.54 Å². The van der Waals surface area contributed by atoms with Crippen molar-refractivity contribution in [2.75, 3.05) is 0 Å². The van der Waals surface area contributed by atoms with E-state index in [1.165, 1.54) is 0 Å². The highest BCUT2D eigenvalue weighted by Crippen LogP contribution is 1.99. The van der Waals surface area contributed by atoms with E-state index in [9.17, 15) is 0 Å². The highest BCUT2D eigenvalue weighted by atomic mass is 15.1. The summed E-state index contributed by atoms with van der Waals surface area (Å²) in [6, 6.07) is 20.0. The molecule has 0 saturated carbocycles. The Morgan fingerprint density at radius 3 is 2.06 bits per heavy atom. The van der Waals surface area contributed by atoms with E-state index < -0.39 is 0 Å². The molecule has 2 rings (SSSR count). The zero-order valence-corrected chi connectivity index (χ0v) is 10.1. The average molecular weight is 238 g/mol. The maximum Gasteiger partial charge on any atom is 0.211 e. The fourth-order valence-corrected chi connectivity index (χ4v) is 1.59. The SMILES string of the molecule is N=C([N]Cc1ccccc1)NCc1ccccc1. The average Bonchev–Trinajstić information content (AvgIpc) is 2.45. The van der Waals surface area contributed by atoms with Crippen LogP contribution in [0, 0.1) is 5.41 Å². The standard InChI is InChI=1S/C15H16N3/c16-15(17-11-13-7-3-1-4-8-13)18-12-14-9-5-2-6-10-14/h1-10H,11-12H2,(H2,16,17). The number of nitrogens with zero attached hydrogens (tertiary/aromatic N) is 1. The highest BCUT2D eigenvalue weighted by molar-refractivity contribution is 5.76. The molecule has 18 heavy (non-hydrogen) atoms. The van der Waals surface area contributed by atoms with Crippen molar-refractivity contribution in [2.45, 2.75) is 13.1 Å². The van der Waals surface area contributed by atoms with Gasteiger partial charge in [-0.05, 0) is 11.1 Å². The minimum atomic E-state index is 0.225. The first-order valence-electron chi connectivity index (χ1n) is 5.92. The lowest BCUT2D eigenvalue weighted by atomic mass is 10.2. The molecule has 0 amide bonds. The molecule has 0 unspecified atom stereocenters. The van der Waals surface area contributed by atoms with E-state index in [4.69, 9.17) is 5.41 Å². The Bertz CT molecular complexity index is 434. The van der Waals surface area contributed by atoms with Crippen LogP contribution in [0.5, 0.6) is 0 Å². The molecule has 2 N–H and O–H groups in total. The van der Waals surface area contributed by atoms with E-state index in [0.717, 1.165) is 11.1 Å². The molecule has 0 fully saturated rings. The van der Waals surface area contributed by atoms with Gasteiger partial charge in [-0.2, -0.15) is 0 Å². The smallest absolute Gasteiger partial charge is 0.211 e. The van der Waals surface area contributed by atoms with Gasteiger partial charge in [0.2, 0.25) is 5.96 Å². The van der Waals surface area contributed by atoms with E-state index >= 15 is 0 Å². The Labute approximate surface area is 107 Å². The molecule has 0 bridgehead atoms. The van der Waals surface area contributed by atoms with Crippen LogP contribution in [-0.2, 0) is 13.1 Å². The molecule has 0 aromatic heterocycles. The topological polar surface area (TPSA) is 50.0 Å². The first kappa shape index (κ1) is 12.2. The molecule has 0 heterocycles. The second-order valence-electron chi connectivity index (χ2n) is 3.99. The van der Waals surface area contributed by atoms with Crippen molar-refractivity contribution in [3.8, 4) is 0 Å². The summed E-state index contributed by atoms with van der Waals surface area (Å²) in [5.74, 6) is 0.225. The first-order chi connectivity index (χ1) is 8.84. The largest absolute Gasteiger partial charge is 0.351 e. The zero-order chi connectivity index (χ0) is 12.6. The van der Waals surface area contributed by atoms with Crippen LogP contribution in [0.25, 0.3) is 0 Å². The summed E-state index contributed by atoms with van der Waals surface area (Å²) in [5, 5.41) is 14.9. The Balaban J connectivity index is 1.73. The molecule has 0 atom stereocenters. The molecule has 2 aromatic carbocycles. The second-order valence-corrected chi connectivity index (χ2v) is 3.99. The number of nitrogens with one attached hydrogen (secondary N) is 2. The third kappa shape index (κ3) is 3.94. The summed E-state index contributed by atoms with van der Waals surface area (Å²) in [6.45, 7) is 1.18. The molecule has 3 nitrogen and oxygen atoms in total. The van der Waals surface area contributed by atoms with Crippen molar-refractivity contribution in [1.82, 2.24) is 10.6 Å². The second kappa shape index (κ2) is 6.45. The third-order valence-electron chi connectivity index (χ3n) is 2.57. The number of rotatable bonds is 4. The highest BCUT2D eigenvalue weighted by Gasteiger charge is 1.98. The van der Waals surface area contributed by atoms with Gasteiger partial charge in [-0.1, -0.05) is 60.7 Å². The summed E-state index contributed by atoms with van der Waals surface area (Å²) >= 11 is 0. The molecule has 0 spiro atoms. The van der Waals surface area contributed by atoms with Crippen molar-refractivity contribution in [1.29, 1.82) is 5.41 Å². The number of hydrogen-bond acceptors (Lipinski definition) is 1. The van der Waals surface area contributed by atoms with E-state index in [1.54, 1.807) is 0 Å². The Kier molecular flexibility index (Phi) is 4.36. The molecule has 0 aliphatic heterocycles. The lowest BCUT2D eigenvalue weighted by molar-refractivity contribution is 0.794. The quantitative estimate of drug-likeness (QED) is 0.624. The summed E-state index contributed by atoms with van der Waals surface area (Å²) in [6.07, 6.45) is 0. The lowest BCUT2D eigenvalue weighted by Crippen LogP contribution is -2.30. The van der Waals surface area contributed by atoms with Crippen molar-refractivity contribution in [2.24, 2.45) is 0 Å². The predicted octanol–water partition coefficient (Wildman–Crippen LogP) is 2.52. The van der Waals surface area contributed by atoms with Crippen LogP contribution < -0.4 is 10.6 Å². The summed E-state index contributed by atoms with van der Waals surface area (Å²) in [7, 11) is 0. The van der Waals surface area contributed by atoms with Crippen molar-refractivity contribution in [3.05, 3.63) is 71.8 Å². The normalized spacial score (nSPS) is 9.78. The molecule has 3 heteroatoms. The third-order valence-corrected chi connectivity index (χ3v) is 2.57. The number of guanidine groups is 1. The number of hydrogen-bond donors (Lipinski definition) is 2. The molecule has 0 aliphatic rings. The lowest BCUT2D eigenvalue weighted by Gasteiger charge is -2.08. The Morgan fingerprint density at radius 2 is 1.44 bits per heavy atom. The number of benzene rings is 2. The maximum atomic E-state index is 7.71. The van der Waals surface area contributed by atoms with Gasteiger partial charge in [0.05, 0.1) is 6.54 Å². The predicted molar refractivity (Wildman–Crippen MR) is 73.3 cm³/mol. The maximum absolute atomic E-state index is 7.71. The Morgan fingerprint density at radius 1 is 0.889 bits per heavy atom. The van der Waals surface area contributed by atoms with E-state index in [1.807, 2.05) is 60.7 Å². The van der Waals surface area contributed by atoms with E-state index in [-0.39, 0.29) is 5.96 Å². The van der Waals surface area contributed by atoms with Gasteiger partial charge < -0.3 is 5.32 Å². The summed E-state index contributed by atoms with van der Waals surface area (Å²) in [5.41, 5.74) is 2.26. The molecular formula is C15H16N3. The van der Waals surface area contributed by atoms with Crippen molar-refractivity contribution < 1.29 is 0 Å². The van der Waals surface area contributed by atoms with Crippen LogP contribution in [0.2, 0.25) is 0 Å². The monoisotopic (exact) mass is 238 g/mol. The molecule has 0 aliphatic carbocycles. The zero-order valence-electron chi connectivity index (χ0n) is 10.1. The van der Waals surface area contributed by atoms with Crippen LogP contribution >= 0.6 is 0 Å². The van der Waals surface area contributed by atoms with Crippen molar-refractivity contribution >= 4 is 5.96 Å². The van der Waals surface area contributed by atoms with Gasteiger partial charge in [-0.15, -0.1) is 0 Å². The fraction of sp³-hybridized carbons (Fsp3) is 0.133. The minimum Gasteiger partial charge on any atom is -0.351 e. The van der Waals surface area contributed by atoms with Gasteiger partial charge in [0.1, 0.15) is 0 Å². The molecule has 91 valence electrons. The summed E-state index contributed by atoms with van der Waals surface area (Å²) < 4.78 is 0. The van der Waals surface area contributed by atoms with Gasteiger partial charge in [0.25, 0.3) is 0 Å². The van der Waals surface area contributed by atoms with Gasteiger partial charge in [-0.25, -0.2) is 5.32 Å². The van der Waals surface area contributed by atoms with E-state index in [2.05, 4.69) is 10.6 Å². The molecule has 0 saturated heterocycles. The molecule has 2 aromatic rings. The van der Waals surface area contributed by atoms with Gasteiger partial charge >= 0.3 is 0 Å². The molecular weight excluding hydrogens is 222 g/mol. The Hall–Kier alpha value is -2.29. The van der Waals surface area contributed by atoms with Gasteiger partial charge in [0.15, 0.2) is 0 Å². The van der Waals surface area contributed by atoms with Crippen LogP contribution in [-0.4, -0.2) is 5.96 Å². The summed E-state index contributed by atoms with van der Waals surface area (Å²) in [4.78, 5) is 0. The minimum absolute atomic E-state index is 0.225. The van der Waals surface area contributed by atoms with Gasteiger partial charge in [-0.3, -0.25) is 5.41 Å². The molecule has 1 radical (unpaired) electrons. The van der Waals surface area contributed by atoms with Crippen LogP contribution in [0.1, 0.15) is 11.1 Å².